The van der Waals surface area contributed by atoms with Crippen molar-refractivity contribution in [2.75, 3.05) is 33.2 Å². The monoisotopic (exact) mass is 274 g/mol. The quantitative estimate of drug-likeness (QED) is 0.907. The van der Waals surface area contributed by atoms with Gasteiger partial charge in [0.05, 0.1) is 0 Å². The van der Waals surface area contributed by atoms with Crippen LogP contribution in [0.4, 0.5) is 0 Å². The Hall–Kier alpha value is -0.970. The van der Waals surface area contributed by atoms with Gasteiger partial charge in [0.15, 0.2) is 0 Å². The largest absolute Gasteiger partial charge is 0.329 e. The van der Waals surface area contributed by atoms with Gasteiger partial charge in [0.25, 0.3) is 0 Å². The Morgan fingerprint density at radius 1 is 1.30 bits per heavy atom. The molecule has 2 aliphatic rings. The number of rotatable bonds is 3. The molecule has 3 rings (SSSR count). The van der Waals surface area contributed by atoms with E-state index in [1.54, 1.807) is 0 Å². The lowest BCUT2D eigenvalue weighted by atomic mass is 9.83. The second-order valence-corrected chi connectivity index (χ2v) is 6.27. The predicted molar refractivity (Wildman–Crippen MR) is 81.4 cm³/mol. The van der Waals surface area contributed by atoms with Crippen LogP contribution in [0.1, 0.15) is 30.9 Å². The molecule has 3 unspecified atom stereocenters. The number of nitrogens with two attached hydrogens (primary N) is 1. The summed E-state index contributed by atoms with van der Waals surface area (Å²) in [5.41, 5.74) is 7.37. The van der Waals surface area contributed by atoms with E-state index in [4.69, 9.17) is 5.73 Å². The number of pyridine rings is 1. The average Bonchev–Trinajstić information content (AvgIpc) is 2.49. The number of nitrogens with zero attached hydrogens (tertiary/aromatic N) is 3. The molecule has 0 radical (unpaired) electrons. The summed E-state index contributed by atoms with van der Waals surface area (Å²) in [6.45, 7) is 4.32. The number of hydrogen-bond acceptors (Lipinski definition) is 4. The van der Waals surface area contributed by atoms with E-state index in [0.29, 0.717) is 12.6 Å². The molecule has 3 heterocycles. The van der Waals surface area contributed by atoms with E-state index < -0.39 is 0 Å². The molecule has 2 saturated heterocycles. The van der Waals surface area contributed by atoms with Crippen molar-refractivity contribution in [3.63, 3.8) is 0 Å². The third kappa shape index (κ3) is 2.73. The second kappa shape index (κ2) is 6.20. The fourth-order valence-electron chi connectivity index (χ4n) is 4.05. The minimum Gasteiger partial charge on any atom is -0.329 e. The molecule has 0 amide bonds. The lowest BCUT2D eigenvalue weighted by Crippen LogP contribution is -2.53. The maximum absolute atomic E-state index is 6.06. The molecule has 0 spiro atoms. The molecule has 2 aliphatic heterocycles. The lowest BCUT2D eigenvalue weighted by molar-refractivity contribution is 0.0211. The molecular formula is C16H26N4. The molecule has 4 heteroatoms. The first-order valence-corrected chi connectivity index (χ1v) is 7.84. The summed E-state index contributed by atoms with van der Waals surface area (Å²) in [6.07, 6.45) is 7.74. The highest BCUT2D eigenvalue weighted by Crippen LogP contribution is 2.33. The molecule has 0 saturated carbocycles. The first kappa shape index (κ1) is 14.0. The van der Waals surface area contributed by atoms with Crippen LogP contribution in [0, 0.1) is 5.92 Å². The fourth-order valence-corrected chi connectivity index (χ4v) is 4.05. The van der Waals surface area contributed by atoms with Crippen LogP contribution in [0.2, 0.25) is 0 Å². The Morgan fingerprint density at radius 2 is 2.10 bits per heavy atom. The average molecular weight is 274 g/mol. The van der Waals surface area contributed by atoms with E-state index >= 15 is 0 Å². The van der Waals surface area contributed by atoms with Gasteiger partial charge in [-0.25, -0.2) is 0 Å². The van der Waals surface area contributed by atoms with Crippen LogP contribution in [0.25, 0.3) is 0 Å². The highest BCUT2D eigenvalue weighted by Gasteiger charge is 2.36. The van der Waals surface area contributed by atoms with Crippen molar-refractivity contribution in [1.29, 1.82) is 0 Å². The topological polar surface area (TPSA) is 45.4 Å². The normalized spacial score (nSPS) is 29.9. The highest BCUT2D eigenvalue weighted by molar-refractivity contribution is 5.16. The Kier molecular flexibility index (Phi) is 4.34. The zero-order valence-electron chi connectivity index (χ0n) is 12.4. The Bertz CT molecular complexity index is 422. The van der Waals surface area contributed by atoms with Gasteiger partial charge in [-0.1, -0.05) is 0 Å². The van der Waals surface area contributed by atoms with E-state index in [9.17, 15) is 0 Å². The number of fused-ring (bicyclic) bond motifs is 1. The third-order valence-corrected chi connectivity index (χ3v) is 5.13. The van der Waals surface area contributed by atoms with Gasteiger partial charge in [0.2, 0.25) is 0 Å². The summed E-state index contributed by atoms with van der Waals surface area (Å²) < 4.78 is 0. The molecule has 0 aromatic carbocycles. The SMILES string of the molecule is CN1CCCC2CN(C(CN)c3ccncc3)CCC21. The van der Waals surface area contributed by atoms with Crippen LogP contribution >= 0.6 is 0 Å². The summed E-state index contributed by atoms with van der Waals surface area (Å²) in [5, 5.41) is 0. The minimum atomic E-state index is 0.353. The highest BCUT2D eigenvalue weighted by atomic mass is 15.2. The summed E-state index contributed by atoms with van der Waals surface area (Å²) >= 11 is 0. The molecular weight excluding hydrogens is 248 g/mol. The van der Waals surface area contributed by atoms with Gasteiger partial charge < -0.3 is 10.6 Å². The van der Waals surface area contributed by atoms with E-state index in [-0.39, 0.29) is 0 Å². The molecule has 20 heavy (non-hydrogen) atoms. The van der Waals surface area contributed by atoms with Crippen molar-refractivity contribution in [1.82, 2.24) is 14.8 Å². The van der Waals surface area contributed by atoms with Gasteiger partial charge in [-0.05, 0) is 56.5 Å². The van der Waals surface area contributed by atoms with E-state index in [1.807, 2.05) is 12.4 Å². The van der Waals surface area contributed by atoms with E-state index in [0.717, 1.165) is 18.5 Å². The Balaban J connectivity index is 1.71. The van der Waals surface area contributed by atoms with E-state index in [1.165, 1.54) is 37.9 Å². The van der Waals surface area contributed by atoms with Crippen LogP contribution in [0.15, 0.2) is 24.5 Å². The van der Waals surface area contributed by atoms with Crippen molar-refractivity contribution in [3.05, 3.63) is 30.1 Å². The maximum Gasteiger partial charge on any atom is 0.0471 e. The van der Waals surface area contributed by atoms with Crippen molar-refractivity contribution in [2.45, 2.75) is 31.3 Å². The lowest BCUT2D eigenvalue weighted by Gasteiger charge is -2.48. The summed E-state index contributed by atoms with van der Waals surface area (Å²) in [6, 6.07) is 5.36. The molecule has 0 bridgehead atoms. The molecule has 0 aliphatic carbocycles. The Labute approximate surface area is 122 Å². The summed E-state index contributed by atoms with van der Waals surface area (Å²) in [5.74, 6) is 0.818. The van der Waals surface area contributed by atoms with Gasteiger partial charge in [-0.3, -0.25) is 9.88 Å². The fraction of sp³-hybridized carbons (Fsp3) is 0.688. The predicted octanol–water partition coefficient (Wildman–Crippen LogP) is 1.50. The summed E-state index contributed by atoms with van der Waals surface area (Å²) in [4.78, 5) is 9.27. The third-order valence-electron chi connectivity index (χ3n) is 5.13. The first-order valence-electron chi connectivity index (χ1n) is 7.84. The van der Waals surface area contributed by atoms with Crippen LogP contribution < -0.4 is 5.73 Å². The van der Waals surface area contributed by atoms with Gasteiger partial charge >= 0.3 is 0 Å². The van der Waals surface area contributed by atoms with Crippen molar-refractivity contribution >= 4 is 0 Å². The van der Waals surface area contributed by atoms with Crippen molar-refractivity contribution < 1.29 is 0 Å². The smallest absolute Gasteiger partial charge is 0.0471 e. The van der Waals surface area contributed by atoms with Crippen LogP contribution in [-0.2, 0) is 0 Å². The molecule has 110 valence electrons. The van der Waals surface area contributed by atoms with Crippen LogP contribution in [-0.4, -0.2) is 54.1 Å². The van der Waals surface area contributed by atoms with Crippen LogP contribution in [0.5, 0.6) is 0 Å². The number of likely N-dealkylation sites (tertiary alicyclic amines) is 2. The van der Waals surface area contributed by atoms with Gasteiger partial charge in [0.1, 0.15) is 0 Å². The molecule has 4 nitrogen and oxygen atoms in total. The van der Waals surface area contributed by atoms with Gasteiger partial charge in [-0.15, -0.1) is 0 Å². The standard InChI is InChI=1S/C16H26N4/c1-19-9-2-3-14-12-20(10-6-15(14)19)16(11-17)13-4-7-18-8-5-13/h4-5,7-8,14-16H,2-3,6,9-12,17H2,1H3. The van der Waals surface area contributed by atoms with Gasteiger partial charge in [0, 0.05) is 44.1 Å². The molecule has 1 aromatic rings. The van der Waals surface area contributed by atoms with Crippen LogP contribution in [0.3, 0.4) is 0 Å². The zero-order chi connectivity index (χ0) is 13.9. The maximum atomic E-state index is 6.06. The zero-order valence-corrected chi connectivity index (χ0v) is 12.4. The number of piperidine rings is 2. The minimum absolute atomic E-state index is 0.353. The van der Waals surface area contributed by atoms with E-state index in [2.05, 4.69) is 34.0 Å². The molecule has 1 aromatic heterocycles. The second-order valence-electron chi connectivity index (χ2n) is 6.27. The molecule has 3 atom stereocenters. The van der Waals surface area contributed by atoms with Crippen molar-refractivity contribution in [2.24, 2.45) is 11.7 Å². The number of aromatic nitrogens is 1. The molecule has 2 fully saturated rings. The van der Waals surface area contributed by atoms with Crippen molar-refractivity contribution in [3.8, 4) is 0 Å². The molecule has 2 N–H and O–H groups in total. The first-order chi connectivity index (χ1) is 9.79. The Morgan fingerprint density at radius 3 is 2.85 bits per heavy atom. The summed E-state index contributed by atoms with van der Waals surface area (Å²) in [7, 11) is 2.29. The van der Waals surface area contributed by atoms with Gasteiger partial charge in [-0.2, -0.15) is 0 Å². The number of hydrogen-bond donors (Lipinski definition) is 1.